The Bertz CT molecular complexity index is 524. The molecule has 1 aromatic carbocycles. The molecule has 1 aliphatic carbocycles. The minimum atomic E-state index is -1.01. The van der Waals surface area contributed by atoms with Gasteiger partial charge in [0.1, 0.15) is 0 Å². The van der Waals surface area contributed by atoms with Gasteiger partial charge < -0.3 is 10.0 Å². The molecule has 4 nitrogen and oxygen atoms in total. The van der Waals surface area contributed by atoms with Crippen LogP contribution in [0.1, 0.15) is 47.9 Å². The van der Waals surface area contributed by atoms with Crippen LogP contribution in [0.4, 0.5) is 0 Å². The summed E-state index contributed by atoms with van der Waals surface area (Å²) in [6.45, 7) is 6.94. The zero-order valence-electron chi connectivity index (χ0n) is 12.2. The fourth-order valence-electron chi connectivity index (χ4n) is 2.39. The Morgan fingerprint density at radius 2 is 1.95 bits per heavy atom. The molecule has 4 heteroatoms. The minimum Gasteiger partial charge on any atom is -0.478 e. The van der Waals surface area contributed by atoms with Gasteiger partial charge in [0.25, 0.3) is 5.91 Å². The summed E-state index contributed by atoms with van der Waals surface area (Å²) in [7, 11) is 0. The molecule has 0 aromatic heterocycles. The molecule has 0 bridgehead atoms. The van der Waals surface area contributed by atoms with E-state index in [1.54, 1.807) is 12.1 Å². The Hall–Kier alpha value is -1.84. The van der Waals surface area contributed by atoms with Gasteiger partial charge in [-0.05, 0) is 50.3 Å². The van der Waals surface area contributed by atoms with Gasteiger partial charge in [-0.3, -0.25) is 4.79 Å². The lowest BCUT2D eigenvalue weighted by Gasteiger charge is -2.27. The quantitative estimate of drug-likeness (QED) is 0.899. The SMILES string of the molecule is CC(C)N(C[C@H]1C[C@H]1C)C(=O)c1cccc(C(=O)O)c1. The molecular weight excluding hydrogens is 254 g/mol. The van der Waals surface area contributed by atoms with Crippen molar-refractivity contribution in [2.45, 2.75) is 33.2 Å². The lowest BCUT2D eigenvalue weighted by molar-refractivity contribution is 0.0693. The second-order valence-corrected chi connectivity index (χ2v) is 5.91. The van der Waals surface area contributed by atoms with E-state index in [9.17, 15) is 9.59 Å². The molecule has 1 aromatic rings. The molecule has 2 rings (SSSR count). The number of carboxylic acids is 1. The molecule has 0 saturated heterocycles. The van der Waals surface area contributed by atoms with Gasteiger partial charge in [0.2, 0.25) is 0 Å². The Morgan fingerprint density at radius 1 is 1.35 bits per heavy atom. The number of carbonyl (C=O) groups is 2. The van der Waals surface area contributed by atoms with Crippen LogP contribution in [-0.2, 0) is 0 Å². The van der Waals surface area contributed by atoms with Crippen molar-refractivity contribution in [3.63, 3.8) is 0 Å². The zero-order valence-corrected chi connectivity index (χ0v) is 12.2. The Morgan fingerprint density at radius 3 is 2.45 bits per heavy atom. The van der Waals surface area contributed by atoms with Crippen LogP contribution in [-0.4, -0.2) is 34.5 Å². The number of rotatable bonds is 5. The normalized spacial score (nSPS) is 20.8. The number of nitrogens with zero attached hydrogens (tertiary/aromatic N) is 1. The predicted molar refractivity (Wildman–Crippen MR) is 76.8 cm³/mol. The summed E-state index contributed by atoms with van der Waals surface area (Å²) < 4.78 is 0. The van der Waals surface area contributed by atoms with Crippen LogP contribution in [0.25, 0.3) is 0 Å². The van der Waals surface area contributed by atoms with E-state index in [1.165, 1.54) is 18.6 Å². The maximum Gasteiger partial charge on any atom is 0.335 e. The van der Waals surface area contributed by atoms with Gasteiger partial charge >= 0.3 is 5.97 Å². The van der Waals surface area contributed by atoms with E-state index in [2.05, 4.69) is 6.92 Å². The van der Waals surface area contributed by atoms with Crippen molar-refractivity contribution in [2.75, 3.05) is 6.54 Å². The van der Waals surface area contributed by atoms with Gasteiger partial charge in [0.05, 0.1) is 5.56 Å². The second kappa shape index (κ2) is 5.65. The molecule has 1 aliphatic rings. The largest absolute Gasteiger partial charge is 0.478 e. The standard InChI is InChI=1S/C16H21NO3/c1-10(2)17(9-14-7-11(14)3)15(18)12-5-4-6-13(8-12)16(19)20/h4-6,8,10-11,14H,7,9H2,1-3H3,(H,19,20)/t11-,14-/m1/s1. The van der Waals surface area contributed by atoms with E-state index in [1.807, 2.05) is 18.7 Å². The number of benzene rings is 1. The first-order chi connectivity index (χ1) is 9.40. The fraction of sp³-hybridized carbons (Fsp3) is 0.500. The van der Waals surface area contributed by atoms with E-state index < -0.39 is 5.97 Å². The highest BCUT2D eigenvalue weighted by Gasteiger charge is 2.36. The number of amides is 1. The fourth-order valence-corrected chi connectivity index (χ4v) is 2.39. The van der Waals surface area contributed by atoms with Gasteiger partial charge in [-0.2, -0.15) is 0 Å². The summed E-state index contributed by atoms with van der Waals surface area (Å²) in [5, 5.41) is 9.00. The smallest absolute Gasteiger partial charge is 0.335 e. The van der Waals surface area contributed by atoms with Gasteiger partial charge in [0.15, 0.2) is 0 Å². The summed E-state index contributed by atoms with van der Waals surface area (Å²) in [4.78, 5) is 25.4. The summed E-state index contributed by atoms with van der Waals surface area (Å²) in [5.41, 5.74) is 0.603. The first-order valence-corrected chi connectivity index (χ1v) is 7.04. The van der Waals surface area contributed by atoms with Crippen LogP contribution in [0.15, 0.2) is 24.3 Å². The Kier molecular flexibility index (Phi) is 4.12. The van der Waals surface area contributed by atoms with Crippen LogP contribution in [0, 0.1) is 11.8 Å². The molecule has 0 radical (unpaired) electrons. The third-order valence-electron chi connectivity index (χ3n) is 3.95. The number of carboxylic acid groups (broad SMARTS) is 1. The van der Waals surface area contributed by atoms with Crippen LogP contribution in [0.3, 0.4) is 0 Å². The van der Waals surface area contributed by atoms with Gasteiger partial charge in [0, 0.05) is 18.2 Å². The molecule has 1 fully saturated rings. The summed E-state index contributed by atoms with van der Waals surface area (Å²) in [6, 6.07) is 6.37. The van der Waals surface area contributed by atoms with Crippen molar-refractivity contribution in [1.82, 2.24) is 4.90 Å². The van der Waals surface area contributed by atoms with Crippen molar-refractivity contribution in [3.8, 4) is 0 Å². The highest BCUT2D eigenvalue weighted by Crippen LogP contribution is 2.38. The van der Waals surface area contributed by atoms with Gasteiger partial charge in [-0.25, -0.2) is 4.79 Å². The first kappa shape index (κ1) is 14.6. The van der Waals surface area contributed by atoms with Crippen LogP contribution >= 0.6 is 0 Å². The van der Waals surface area contributed by atoms with Crippen molar-refractivity contribution in [2.24, 2.45) is 11.8 Å². The van der Waals surface area contributed by atoms with E-state index in [4.69, 9.17) is 5.11 Å². The first-order valence-electron chi connectivity index (χ1n) is 7.04. The summed E-state index contributed by atoms with van der Waals surface area (Å²) in [6.07, 6.45) is 1.17. The monoisotopic (exact) mass is 275 g/mol. The van der Waals surface area contributed by atoms with Crippen molar-refractivity contribution in [3.05, 3.63) is 35.4 Å². The summed E-state index contributed by atoms with van der Waals surface area (Å²) >= 11 is 0. The van der Waals surface area contributed by atoms with Gasteiger partial charge in [-0.15, -0.1) is 0 Å². The number of aromatic carboxylic acids is 1. The van der Waals surface area contributed by atoms with Gasteiger partial charge in [-0.1, -0.05) is 13.0 Å². The van der Waals surface area contributed by atoms with E-state index in [0.29, 0.717) is 17.4 Å². The number of hydrogen-bond acceptors (Lipinski definition) is 2. The predicted octanol–water partition coefficient (Wildman–Crippen LogP) is 2.89. The molecule has 0 aliphatic heterocycles. The van der Waals surface area contributed by atoms with E-state index in [-0.39, 0.29) is 17.5 Å². The molecule has 1 amide bonds. The molecule has 2 atom stereocenters. The lowest BCUT2D eigenvalue weighted by Crippen LogP contribution is -2.38. The third-order valence-corrected chi connectivity index (χ3v) is 3.95. The average Bonchev–Trinajstić information content (AvgIpc) is 3.10. The van der Waals surface area contributed by atoms with E-state index in [0.717, 1.165) is 6.54 Å². The topological polar surface area (TPSA) is 57.6 Å². The third kappa shape index (κ3) is 3.18. The second-order valence-electron chi connectivity index (χ2n) is 5.91. The van der Waals surface area contributed by atoms with Crippen LogP contribution < -0.4 is 0 Å². The lowest BCUT2D eigenvalue weighted by atomic mass is 10.1. The highest BCUT2D eigenvalue weighted by molar-refractivity contribution is 5.97. The van der Waals surface area contributed by atoms with Crippen LogP contribution in [0.2, 0.25) is 0 Å². The molecule has 20 heavy (non-hydrogen) atoms. The summed E-state index contributed by atoms with van der Waals surface area (Å²) in [5.74, 6) is 0.187. The number of carbonyl (C=O) groups excluding carboxylic acids is 1. The molecule has 1 saturated carbocycles. The van der Waals surface area contributed by atoms with Crippen molar-refractivity contribution in [1.29, 1.82) is 0 Å². The minimum absolute atomic E-state index is 0.0813. The molecule has 0 heterocycles. The van der Waals surface area contributed by atoms with E-state index >= 15 is 0 Å². The van der Waals surface area contributed by atoms with Crippen molar-refractivity contribution < 1.29 is 14.7 Å². The maximum absolute atomic E-state index is 12.6. The Balaban J connectivity index is 2.18. The average molecular weight is 275 g/mol. The molecule has 0 unspecified atom stereocenters. The highest BCUT2D eigenvalue weighted by atomic mass is 16.4. The zero-order chi connectivity index (χ0) is 14.9. The molecule has 108 valence electrons. The maximum atomic E-state index is 12.6. The molecule has 0 spiro atoms. The molecule has 1 N–H and O–H groups in total. The Labute approximate surface area is 119 Å². The molecular formula is C16H21NO3. The number of hydrogen-bond donors (Lipinski definition) is 1. The van der Waals surface area contributed by atoms with Crippen molar-refractivity contribution >= 4 is 11.9 Å². The van der Waals surface area contributed by atoms with Crippen LogP contribution in [0.5, 0.6) is 0 Å².